The van der Waals surface area contributed by atoms with E-state index in [-0.39, 0.29) is 24.0 Å². The number of alkyl halides is 2. The van der Waals surface area contributed by atoms with E-state index < -0.39 is 6.61 Å². The highest BCUT2D eigenvalue weighted by Crippen LogP contribution is 2.35. The highest BCUT2D eigenvalue weighted by Gasteiger charge is 2.23. The quantitative estimate of drug-likeness (QED) is 0.781. The first-order chi connectivity index (χ1) is 13.0. The second-order valence-corrected chi connectivity index (χ2v) is 7.42. The number of nitrogens with zero attached hydrogens (tertiary/aromatic N) is 1. The lowest BCUT2D eigenvalue weighted by Crippen LogP contribution is -2.22. The zero-order valence-electron chi connectivity index (χ0n) is 14.7. The van der Waals surface area contributed by atoms with Gasteiger partial charge in [0.1, 0.15) is 16.8 Å². The Morgan fingerprint density at radius 1 is 1.44 bits per heavy atom. The molecule has 2 aromatic rings. The summed E-state index contributed by atoms with van der Waals surface area (Å²) in [5, 5.41) is 16.1. The number of para-hydroxylation sites is 1. The minimum Gasteiger partial charge on any atom is -0.435 e. The third-order valence-electron chi connectivity index (χ3n) is 4.45. The van der Waals surface area contributed by atoms with E-state index >= 15 is 0 Å². The molecule has 0 fully saturated rings. The number of nitrogens with one attached hydrogen (secondary N) is 2. The van der Waals surface area contributed by atoms with Gasteiger partial charge in [-0.1, -0.05) is 25.1 Å². The number of carbonyl (C=O) groups is 1. The summed E-state index contributed by atoms with van der Waals surface area (Å²) in [6.07, 6.45) is 0.856. The molecule has 0 saturated carbocycles. The Kier molecular flexibility index (Phi) is 6.04. The Hall–Kier alpha value is -2.50. The van der Waals surface area contributed by atoms with E-state index in [9.17, 15) is 18.8 Å². The van der Waals surface area contributed by atoms with Crippen LogP contribution in [0.15, 0.2) is 24.3 Å². The molecular weight excluding hydrogens is 372 g/mol. The van der Waals surface area contributed by atoms with Crippen molar-refractivity contribution in [3.05, 3.63) is 45.8 Å². The second kappa shape index (κ2) is 8.46. The third-order valence-corrected chi connectivity index (χ3v) is 5.60. The van der Waals surface area contributed by atoms with Crippen LogP contribution in [0.4, 0.5) is 13.8 Å². The largest absolute Gasteiger partial charge is 0.435 e. The molecular formula is C19H19F2N3O2S. The zero-order chi connectivity index (χ0) is 19.4. The van der Waals surface area contributed by atoms with Crippen LogP contribution in [0.2, 0.25) is 0 Å². The van der Waals surface area contributed by atoms with Gasteiger partial charge in [0.05, 0.1) is 5.56 Å². The summed E-state index contributed by atoms with van der Waals surface area (Å²) in [6, 6.07) is 8.65. The number of hydrogen-bond donors (Lipinski definition) is 2. The first-order valence-corrected chi connectivity index (χ1v) is 9.40. The van der Waals surface area contributed by atoms with E-state index in [0.717, 1.165) is 23.4 Å². The maximum absolute atomic E-state index is 12.6. The van der Waals surface area contributed by atoms with Crippen LogP contribution >= 0.6 is 11.3 Å². The van der Waals surface area contributed by atoms with Gasteiger partial charge in [-0.3, -0.25) is 4.79 Å². The summed E-state index contributed by atoms with van der Waals surface area (Å²) in [6.45, 7) is 0.363. The summed E-state index contributed by atoms with van der Waals surface area (Å²) in [7, 11) is 0. The number of nitriles is 1. The summed E-state index contributed by atoms with van der Waals surface area (Å²) in [5.41, 5.74) is 2.07. The summed E-state index contributed by atoms with van der Waals surface area (Å²) in [4.78, 5) is 13.6. The fourth-order valence-electron chi connectivity index (χ4n) is 3.20. The van der Waals surface area contributed by atoms with Gasteiger partial charge in [-0.05, 0) is 36.1 Å². The van der Waals surface area contributed by atoms with Crippen LogP contribution in [0.5, 0.6) is 5.75 Å². The van der Waals surface area contributed by atoms with Gasteiger partial charge in [-0.25, -0.2) is 0 Å². The van der Waals surface area contributed by atoms with Crippen LogP contribution in [0, 0.1) is 11.3 Å². The molecule has 0 bridgehead atoms. The van der Waals surface area contributed by atoms with Crippen LogP contribution in [0.3, 0.4) is 0 Å². The number of thiophene rings is 1. The van der Waals surface area contributed by atoms with E-state index in [1.54, 1.807) is 25.1 Å². The molecule has 2 N–H and O–H groups in total. The predicted molar refractivity (Wildman–Crippen MR) is 99.2 cm³/mol. The topological polar surface area (TPSA) is 74.2 Å². The van der Waals surface area contributed by atoms with Gasteiger partial charge in [0.25, 0.3) is 0 Å². The predicted octanol–water partition coefficient (Wildman–Crippen LogP) is 4.00. The van der Waals surface area contributed by atoms with E-state index in [1.807, 2.05) is 0 Å². The van der Waals surface area contributed by atoms with Gasteiger partial charge in [0.15, 0.2) is 0 Å². The van der Waals surface area contributed by atoms with Crippen molar-refractivity contribution in [1.82, 2.24) is 5.32 Å². The average Bonchev–Trinajstić information content (AvgIpc) is 2.98. The number of ether oxygens (including phenoxy) is 1. The Bertz CT molecular complexity index is 876. The van der Waals surface area contributed by atoms with Gasteiger partial charge < -0.3 is 15.4 Å². The third kappa shape index (κ3) is 4.43. The molecule has 5 nitrogen and oxygen atoms in total. The molecule has 1 aromatic heterocycles. The molecule has 0 radical (unpaired) electrons. The van der Waals surface area contributed by atoms with Crippen molar-refractivity contribution in [2.75, 3.05) is 11.9 Å². The lowest BCUT2D eigenvalue weighted by atomic mass is 9.96. The van der Waals surface area contributed by atoms with Gasteiger partial charge in [-0.15, -0.1) is 11.3 Å². The summed E-state index contributed by atoms with van der Waals surface area (Å²) >= 11 is 1.41. The van der Waals surface area contributed by atoms with Crippen molar-refractivity contribution in [3.8, 4) is 11.8 Å². The van der Waals surface area contributed by atoms with Crippen molar-refractivity contribution < 1.29 is 18.3 Å². The molecule has 8 heteroatoms. The van der Waals surface area contributed by atoms with Crippen molar-refractivity contribution >= 4 is 22.2 Å². The van der Waals surface area contributed by atoms with Crippen LogP contribution < -0.4 is 15.4 Å². The molecule has 142 valence electrons. The van der Waals surface area contributed by atoms with Crippen LogP contribution in [-0.4, -0.2) is 19.1 Å². The van der Waals surface area contributed by atoms with Crippen molar-refractivity contribution in [1.29, 1.82) is 5.26 Å². The maximum Gasteiger partial charge on any atom is 0.387 e. The van der Waals surface area contributed by atoms with Crippen LogP contribution in [0.1, 0.15) is 40.8 Å². The molecule has 0 aliphatic carbocycles. The first kappa shape index (κ1) is 19.3. The SMILES string of the molecule is C[C@@H](CC(=O)Nc1sc2c(c1C#N)CCNC2)c1ccccc1OC(F)F. The highest BCUT2D eigenvalue weighted by molar-refractivity contribution is 7.16. The lowest BCUT2D eigenvalue weighted by Gasteiger charge is -2.16. The van der Waals surface area contributed by atoms with Gasteiger partial charge in [-0.2, -0.15) is 14.0 Å². The summed E-state index contributed by atoms with van der Waals surface area (Å²) in [5.74, 6) is -0.512. The average molecular weight is 391 g/mol. The number of halogens is 2. The maximum atomic E-state index is 12.6. The monoisotopic (exact) mass is 391 g/mol. The lowest BCUT2D eigenvalue weighted by molar-refractivity contribution is -0.116. The number of hydrogen-bond acceptors (Lipinski definition) is 5. The molecule has 0 spiro atoms. The molecule has 1 aromatic carbocycles. The minimum absolute atomic E-state index is 0.0724. The smallest absolute Gasteiger partial charge is 0.387 e. The zero-order valence-corrected chi connectivity index (χ0v) is 15.5. The van der Waals surface area contributed by atoms with E-state index in [2.05, 4.69) is 21.4 Å². The minimum atomic E-state index is -2.92. The number of carbonyl (C=O) groups excluding carboxylic acids is 1. The Balaban J connectivity index is 1.72. The Morgan fingerprint density at radius 2 is 2.22 bits per heavy atom. The standard InChI is InChI=1S/C19H19F2N3O2S/c1-11(12-4-2-3-5-15(12)26-19(20)21)8-17(25)24-18-14(9-22)13-6-7-23-10-16(13)27-18/h2-5,11,19,23H,6-8,10H2,1H3,(H,24,25)/t11-/m0/s1. The first-order valence-electron chi connectivity index (χ1n) is 8.58. The van der Waals surface area contributed by atoms with Gasteiger partial charge in [0, 0.05) is 17.8 Å². The van der Waals surface area contributed by atoms with Crippen molar-refractivity contribution in [2.45, 2.75) is 38.8 Å². The van der Waals surface area contributed by atoms with E-state index in [0.29, 0.717) is 22.7 Å². The number of anilines is 1. The number of rotatable bonds is 6. The van der Waals surface area contributed by atoms with Crippen LogP contribution in [0.25, 0.3) is 0 Å². The fraction of sp³-hybridized carbons (Fsp3) is 0.368. The molecule has 3 rings (SSSR count). The number of benzene rings is 1. The second-order valence-electron chi connectivity index (χ2n) is 6.32. The summed E-state index contributed by atoms with van der Waals surface area (Å²) < 4.78 is 29.7. The van der Waals surface area contributed by atoms with E-state index in [4.69, 9.17) is 0 Å². The van der Waals surface area contributed by atoms with Crippen molar-refractivity contribution in [2.24, 2.45) is 0 Å². The van der Waals surface area contributed by atoms with Gasteiger partial charge in [0.2, 0.25) is 5.91 Å². The van der Waals surface area contributed by atoms with E-state index in [1.165, 1.54) is 17.4 Å². The number of fused-ring (bicyclic) bond motifs is 1. The molecule has 2 heterocycles. The van der Waals surface area contributed by atoms with Gasteiger partial charge >= 0.3 is 6.61 Å². The molecule has 1 amide bonds. The molecule has 1 aliphatic rings. The normalized spacial score (nSPS) is 14.3. The van der Waals surface area contributed by atoms with Crippen molar-refractivity contribution in [3.63, 3.8) is 0 Å². The Labute approximate surface area is 160 Å². The molecule has 27 heavy (non-hydrogen) atoms. The molecule has 0 saturated heterocycles. The van der Waals surface area contributed by atoms with Crippen LogP contribution in [-0.2, 0) is 17.8 Å². The highest BCUT2D eigenvalue weighted by atomic mass is 32.1. The Morgan fingerprint density at radius 3 is 2.96 bits per heavy atom. The molecule has 1 aliphatic heterocycles. The molecule has 0 unspecified atom stereocenters. The number of amides is 1. The molecule has 1 atom stereocenters. The fourth-order valence-corrected chi connectivity index (χ4v) is 4.38.